The van der Waals surface area contributed by atoms with Crippen molar-refractivity contribution < 1.29 is 9.59 Å². The van der Waals surface area contributed by atoms with E-state index in [-0.39, 0.29) is 24.9 Å². The second-order valence-electron chi connectivity index (χ2n) is 3.48. The zero-order valence-electron chi connectivity index (χ0n) is 9.99. The molecule has 0 aliphatic heterocycles. The summed E-state index contributed by atoms with van der Waals surface area (Å²) >= 11 is 0. The summed E-state index contributed by atoms with van der Waals surface area (Å²) in [5, 5.41) is 16.6. The lowest BCUT2D eigenvalue weighted by atomic mass is 10.2. The SMILES string of the molecule is CNC(=O)CNCC(=O)Nc1ccccc1C#N. The zero-order chi connectivity index (χ0) is 13.4. The Kier molecular flexibility index (Phi) is 5.35. The molecule has 2 amide bonds. The third kappa shape index (κ3) is 4.23. The molecule has 0 aliphatic carbocycles. The number of para-hydroxylation sites is 1. The number of benzene rings is 1. The predicted molar refractivity (Wildman–Crippen MR) is 66.7 cm³/mol. The number of carbonyl (C=O) groups is 2. The lowest BCUT2D eigenvalue weighted by Crippen LogP contribution is -2.36. The van der Waals surface area contributed by atoms with E-state index >= 15 is 0 Å². The van der Waals surface area contributed by atoms with Gasteiger partial charge in [-0.05, 0) is 12.1 Å². The molecular weight excluding hydrogens is 232 g/mol. The van der Waals surface area contributed by atoms with Gasteiger partial charge in [0.1, 0.15) is 6.07 Å². The predicted octanol–water partition coefficient (Wildman–Crippen LogP) is -0.168. The number of amides is 2. The number of rotatable bonds is 5. The first kappa shape index (κ1) is 13.7. The van der Waals surface area contributed by atoms with Crippen molar-refractivity contribution >= 4 is 17.5 Å². The fraction of sp³-hybridized carbons (Fsp3) is 0.250. The smallest absolute Gasteiger partial charge is 0.238 e. The number of hydrogen-bond donors (Lipinski definition) is 3. The van der Waals surface area contributed by atoms with Crippen LogP contribution in [0.1, 0.15) is 5.56 Å². The maximum atomic E-state index is 11.5. The van der Waals surface area contributed by atoms with Gasteiger partial charge in [0.15, 0.2) is 0 Å². The van der Waals surface area contributed by atoms with Crippen LogP contribution in [0.4, 0.5) is 5.69 Å². The number of anilines is 1. The van der Waals surface area contributed by atoms with Gasteiger partial charge in [-0.2, -0.15) is 5.26 Å². The number of nitrogens with zero attached hydrogens (tertiary/aromatic N) is 1. The van der Waals surface area contributed by atoms with Crippen LogP contribution in [0.15, 0.2) is 24.3 Å². The number of nitriles is 1. The van der Waals surface area contributed by atoms with Crippen LogP contribution in [0.5, 0.6) is 0 Å². The molecule has 0 heterocycles. The maximum Gasteiger partial charge on any atom is 0.238 e. The maximum absolute atomic E-state index is 11.5. The summed E-state index contributed by atoms with van der Waals surface area (Å²) in [5.74, 6) is -0.498. The monoisotopic (exact) mass is 246 g/mol. The van der Waals surface area contributed by atoms with Crippen molar-refractivity contribution in [3.63, 3.8) is 0 Å². The van der Waals surface area contributed by atoms with Crippen LogP contribution in [0.2, 0.25) is 0 Å². The van der Waals surface area contributed by atoms with E-state index in [1.807, 2.05) is 6.07 Å². The Labute approximate surface area is 105 Å². The molecule has 1 rings (SSSR count). The quantitative estimate of drug-likeness (QED) is 0.672. The highest BCUT2D eigenvalue weighted by Gasteiger charge is 2.06. The van der Waals surface area contributed by atoms with Crippen LogP contribution >= 0.6 is 0 Å². The first-order chi connectivity index (χ1) is 8.67. The molecule has 0 saturated carbocycles. The Morgan fingerprint density at radius 1 is 1.22 bits per heavy atom. The molecule has 0 aliphatic rings. The average Bonchev–Trinajstić information content (AvgIpc) is 2.39. The standard InChI is InChI=1S/C12H14N4O2/c1-14-11(17)7-15-8-12(18)16-10-5-3-2-4-9(10)6-13/h2-5,15H,7-8H2,1H3,(H,14,17)(H,16,18). The van der Waals surface area contributed by atoms with Crippen LogP contribution in [-0.4, -0.2) is 32.0 Å². The minimum absolute atomic E-state index is 0.00713. The van der Waals surface area contributed by atoms with Crippen molar-refractivity contribution in [2.24, 2.45) is 0 Å². The number of carbonyl (C=O) groups excluding carboxylic acids is 2. The van der Waals surface area contributed by atoms with Gasteiger partial charge in [0.2, 0.25) is 11.8 Å². The van der Waals surface area contributed by atoms with Gasteiger partial charge < -0.3 is 10.6 Å². The van der Waals surface area contributed by atoms with Gasteiger partial charge in [-0.1, -0.05) is 12.1 Å². The summed E-state index contributed by atoms with van der Waals surface area (Å²) in [4.78, 5) is 22.4. The highest BCUT2D eigenvalue weighted by molar-refractivity contribution is 5.93. The number of hydrogen-bond acceptors (Lipinski definition) is 4. The summed E-state index contributed by atoms with van der Waals surface area (Å²) in [5.41, 5.74) is 0.865. The van der Waals surface area contributed by atoms with Crippen LogP contribution in [0, 0.1) is 11.3 Å². The lowest BCUT2D eigenvalue weighted by Gasteiger charge is -2.07. The molecule has 0 spiro atoms. The first-order valence-electron chi connectivity index (χ1n) is 5.37. The molecule has 0 unspecified atom stereocenters. The molecular formula is C12H14N4O2. The van der Waals surface area contributed by atoms with E-state index in [1.54, 1.807) is 24.3 Å². The van der Waals surface area contributed by atoms with E-state index in [0.717, 1.165) is 0 Å². The highest BCUT2D eigenvalue weighted by atomic mass is 16.2. The van der Waals surface area contributed by atoms with Gasteiger partial charge in [-0.3, -0.25) is 14.9 Å². The van der Waals surface area contributed by atoms with Gasteiger partial charge >= 0.3 is 0 Å². The molecule has 1 aromatic rings. The first-order valence-corrected chi connectivity index (χ1v) is 5.37. The van der Waals surface area contributed by atoms with Gasteiger partial charge in [0, 0.05) is 7.05 Å². The molecule has 94 valence electrons. The molecule has 6 heteroatoms. The molecule has 3 N–H and O–H groups in total. The largest absolute Gasteiger partial charge is 0.358 e. The number of likely N-dealkylation sites (N-methyl/N-ethyl adjacent to an activating group) is 1. The number of nitrogens with one attached hydrogen (secondary N) is 3. The Hall–Kier alpha value is -2.39. The van der Waals surface area contributed by atoms with Gasteiger partial charge in [0.05, 0.1) is 24.3 Å². The van der Waals surface area contributed by atoms with Crippen molar-refractivity contribution in [3.8, 4) is 6.07 Å². The summed E-state index contributed by atoms with van der Waals surface area (Å²) in [6.45, 7) is 0.0804. The summed E-state index contributed by atoms with van der Waals surface area (Å²) in [7, 11) is 1.52. The zero-order valence-corrected chi connectivity index (χ0v) is 9.99. The molecule has 0 fully saturated rings. The Bertz CT molecular complexity index is 479. The van der Waals surface area contributed by atoms with E-state index in [0.29, 0.717) is 11.3 Å². The molecule has 0 aromatic heterocycles. The third-order valence-corrected chi connectivity index (χ3v) is 2.17. The van der Waals surface area contributed by atoms with Gasteiger partial charge in [-0.25, -0.2) is 0 Å². The molecule has 0 radical (unpaired) electrons. The summed E-state index contributed by atoms with van der Waals surface area (Å²) < 4.78 is 0. The van der Waals surface area contributed by atoms with Gasteiger partial charge in [-0.15, -0.1) is 0 Å². The fourth-order valence-electron chi connectivity index (χ4n) is 1.26. The van der Waals surface area contributed by atoms with Gasteiger partial charge in [0.25, 0.3) is 0 Å². The van der Waals surface area contributed by atoms with Crippen LogP contribution in [0.3, 0.4) is 0 Å². The second-order valence-corrected chi connectivity index (χ2v) is 3.48. The highest BCUT2D eigenvalue weighted by Crippen LogP contribution is 2.12. The van der Waals surface area contributed by atoms with Crippen molar-refractivity contribution in [1.82, 2.24) is 10.6 Å². The van der Waals surface area contributed by atoms with Crippen LogP contribution in [0.25, 0.3) is 0 Å². The van der Waals surface area contributed by atoms with E-state index in [4.69, 9.17) is 5.26 Å². The van der Waals surface area contributed by atoms with Crippen molar-refractivity contribution in [2.45, 2.75) is 0 Å². The average molecular weight is 246 g/mol. The lowest BCUT2D eigenvalue weighted by molar-refractivity contribution is -0.119. The van der Waals surface area contributed by atoms with Crippen molar-refractivity contribution in [1.29, 1.82) is 5.26 Å². The topological polar surface area (TPSA) is 94.0 Å². The van der Waals surface area contributed by atoms with Crippen LogP contribution < -0.4 is 16.0 Å². The minimum atomic E-state index is -0.304. The molecule has 18 heavy (non-hydrogen) atoms. The molecule has 1 aromatic carbocycles. The van der Waals surface area contributed by atoms with E-state index in [9.17, 15) is 9.59 Å². The van der Waals surface area contributed by atoms with E-state index < -0.39 is 0 Å². The Morgan fingerprint density at radius 2 is 1.89 bits per heavy atom. The normalized spacial score (nSPS) is 9.33. The van der Waals surface area contributed by atoms with E-state index in [1.165, 1.54) is 7.05 Å². The third-order valence-electron chi connectivity index (χ3n) is 2.17. The summed E-state index contributed by atoms with van der Waals surface area (Å²) in [6.07, 6.45) is 0. The Balaban J connectivity index is 2.45. The fourth-order valence-corrected chi connectivity index (χ4v) is 1.26. The van der Waals surface area contributed by atoms with E-state index in [2.05, 4.69) is 16.0 Å². The van der Waals surface area contributed by atoms with Crippen molar-refractivity contribution in [2.75, 3.05) is 25.5 Å². The molecule has 0 saturated heterocycles. The Morgan fingerprint density at radius 3 is 2.56 bits per heavy atom. The van der Waals surface area contributed by atoms with Crippen molar-refractivity contribution in [3.05, 3.63) is 29.8 Å². The van der Waals surface area contributed by atoms with Crippen LogP contribution in [-0.2, 0) is 9.59 Å². The minimum Gasteiger partial charge on any atom is -0.358 e. The molecule has 0 atom stereocenters. The molecule has 0 bridgehead atoms. The molecule has 6 nitrogen and oxygen atoms in total. The summed E-state index contributed by atoms with van der Waals surface area (Å²) in [6, 6.07) is 8.70. The second kappa shape index (κ2) is 7.04.